The maximum atomic E-state index is 12.0. The van der Waals surface area contributed by atoms with Gasteiger partial charge in [0.25, 0.3) is 11.8 Å². The van der Waals surface area contributed by atoms with Gasteiger partial charge in [0, 0.05) is 6.61 Å². The Hall–Kier alpha value is -1.76. The van der Waals surface area contributed by atoms with E-state index in [0.29, 0.717) is 24.2 Å². The van der Waals surface area contributed by atoms with E-state index >= 15 is 0 Å². The van der Waals surface area contributed by atoms with Gasteiger partial charge >= 0.3 is 0 Å². The minimum atomic E-state index is -1.11. The van der Waals surface area contributed by atoms with Gasteiger partial charge in [-0.1, -0.05) is 12.1 Å². The van der Waals surface area contributed by atoms with Crippen molar-refractivity contribution < 1.29 is 24.3 Å². The topological polar surface area (TPSA) is 76.1 Å². The molecule has 0 unspecified atom stereocenters. The first-order valence-corrected chi connectivity index (χ1v) is 7.37. The van der Waals surface area contributed by atoms with Gasteiger partial charge in [-0.25, -0.2) is 0 Å². The molecule has 0 aromatic heterocycles. The van der Waals surface area contributed by atoms with Crippen molar-refractivity contribution in [3.8, 4) is 0 Å². The van der Waals surface area contributed by atoms with E-state index in [2.05, 4.69) is 0 Å². The lowest BCUT2D eigenvalue weighted by atomic mass is 10.1. The van der Waals surface area contributed by atoms with Crippen LogP contribution in [0.15, 0.2) is 24.3 Å². The molecule has 6 heteroatoms. The average Bonchev–Trinajstić information content (AvgIpc) is 2.70. The maximum absolute atomic E-state index is 12.0. The summed E-state index contributed by atoms with van der Waals surface area (Å²) in [4.78, 5) is 29.3. The molecule has 0 aliphatic carbocycles. The predicted octanol–water partition coefficient (Wildman–Crippen LogP) is 2.13. The number of hydroxylamine groups is 2. The Morgan fingerprint density at radius 2 is 1.55 bits per heavy atom. The number of aliphatic hydroxyl groups is 1. The average molecular weight is 307 g/mol. The summed E-state index contributed by atoms with van der Waals surface area (Å²) in [7, 11) is 0. The second-order valence-electron chi connectivity index (χ2n) is 5.64. The van der Waals surface area contributed by atoms with Crippen molar-refractivity contribution in [2.45, 2.75) is 38.9 Å². The molecule has 0 saturated heterocycles. The maximum Gasteiger partial charge on any atom is 0.285 e. The Morgan fingerprint density at radius 3 is 2.09 bits per heavy atom. The lowest BCUT2D eigenvalue weighted by Crippen LogP contribution is -2.30. The molecule has 1 aliphatic heterocycles. The molecule has 0 saturated carbocycles. The molecule has 2 amide bonds. The van der Waals surface area contributed by atoms with E-state index in [1.54, 1.807) is 38.1 Å². The van der Waals surface area contributed by atoms with Crippen LogP contribution in [-0.4, -0.2) is 41.0 Å². The molecular formula is C16H21NO5. The van der Waals surface area contributed by atoms with E-state index in [1.165, 1.54) is 0 Å². The van der Waals surface area contributed by atoms with Gasteiger partial charge < -0.3 is 9.84 Å². The minimum Gasteiger partial charge on any atom is -0.366 e. The van der Waals surface area contributed by atoms with Crippen molar-refractivity contribution in [1.29, 1.82) is 0 Å². The third-order valence-electron chi connectivity index (χ3n) is 3.22. The summed E-state index contributed by atoms with van der Waals surface area (Å²) in [6, 6.07) is 6.67. The predicted molar refractivity (Wildman–Crippen MR) is 79.0 cm³/mol. The SMILES string of the molecule is CC(C)(O)OCCCCCON1C(=O)c2ccccc2C1=O. The zero-order chi connectivity index (χ0) is 16.2. The lowest BCUT2D eigenvalue weighted by Gasteiger charge is -2.18. The quantitative estimate of drug-likeness (QED) is 0.452. The summed E-state index contributed by atoms with van der Waals surface area (Å²) in [6.07, 6.45) is 2.29. The Kier molecular flexibility index (Phi) is 5.28. The van der Waals surface area contributed by atoms with Crippen LogP contribution in [-0.2, 0) is 9.57 Å². The molecule has 0 atom stereocenters. The number of fused-ring (bicyclic) bond motifs is 1. The van der Waals surface area contributed by atoms with Crippen LogP contribution in [0.25, 0.3) is 0 Å². The Labute approximate surface area is 129 Å². The van der Waals surface area contributed by atoms with Crippen molar-refractivity contribution in [1.82, 2.24) is 5.06 Å². The van der Waals surface area contributed by atoms with E-state index in [0.717, 1.165) is 17.9 Å². The molecule has 120 valence electrons. The highest BCUT2D eigenvalue weighted by atomic mass is 16.7. The molecular weight excluding hydrogens is 286 g/mol. The molecule has 0 fully saturated rings. The summed E-state index contributed by atoms with van der Waals surface area (Å²) in [5.41, 5.74) is 0.761. The normalized spacial score (nSPS) is 14.6. The highest BCUT2D eigenvalue weighted by molar-refractivity contribution is 6.20. The molecule has 0 bridgehead atoms. The van der Waals surface area contributed by atoms with Crippen LogP contribution in [0.1, 0.15) is 53.8 Å². The molecule has 1 aromatic rings. The van der Waals surface area contributed by atoms with Gasteiger partial charge in [0.2, 0.25) is 0 Å². The number of carbonyl (C=O) groups is 2. The van der Waals surface area contributed by atoms with Crippen molar-refractivity contribution in [2.24, 2.45) is 0 Å². The van der Waals surface area contributed by atoms with E-state index in [4.69, 9.17) is 9.57 Å². The number of ether oxygens (including phenoxy) is 1. The van der Waals surface area contributed by atoms with Crippen LogP contribution in [0.2, 0.25) is 0 Å². The lowest BCUT2D eigenvalue weighted by molar-refractivity contribution is -0.176. The van der Waals surface area contributed by atoms with Gasteiger partial charge in [-0.05, 0) is 45.2 Å². The second kappa shape index (κ2) is 7.00. The number of hydrogen-bond acceptors (Lipinski definition) is 5. The Balaban J connectivity index is 1.69. The summed E-state index contributed by atoms with van der Waals surface area (Å²) in [6.45, 7) is 3.90. The largest absolute Gasteiger partial charge is 0.366 e. The van der Waals surface area contributed by atoms with Crippen molar-refractivity contribution in [3.05, 3.63) is 35.4 Å². The zero-order valence-electron chi connectivity index (χ0n) is 12.9. The fourth-order valence-electron chi connectivity index (χ4n) is 2.14. The van der Waals surface area contributed by atoms with E-state index in [1.807, 2.05) is 0 Å². The number of amides is 2. The van der Waals surface area contributed by atoms with Gasteiger partial charge in [-0.15, -0.1) is 5.06 Å². The fourth-order valence-corrected chi connectivity index (χ4v) is 2.14. The summed E-state index contributed by atoms with van der Waals surface area (Å²) in [5, 5.41) is 10.2. The number of rotatable bonds is 8. The van der Waals surface area contributed by atoms with Crippen LogP contribution in [0.5, 0.6) is 0 Å². The van der Waals surface area contributed by atoms with Crippen LogP contribution in [0, 0.1) is 0 Å². The van der Waals surface area contributed by atoms with E-state index in [-0.39, 0.29) is 6.61 Å². The first-order valence-electron chi connectivity index (χ1n) is 7.37. The molecule has 1 aromatic carbocycles. The number of imide groups is 1. The molecule has 2 rings (SSSR count). The highest BCUT2D eigenvalue weighted by Gasteiger charge is 2.36. The van der Waals surface area contributed by atoms with Crippen LogP contribution >= 0.6 is 0 Å². The number of hydrogen-bond donors (Lipinski definition) is 1. The molecule has 1 N–H and O–H groups in total. The fraction of sp³-hybridized carbons (Fsp3) is 0.500. The first-order chi connectivity index (χ1) is 10.4. The first kappa shape index (κ1) is 16.6. The van der Waals surface area contributed by atoms with E-state index in [9.17, 15) is 14.7 Å². The van der Waals surface area contributed by atoms with Gasteiger partial charge in [-0.3, -0.25) is 14.4 Å². The van der Waals surface area contributed by atoms with Crippen molar-refractivity contribution in [3.63, 3.8) is 0 Å². The zero-order valence-corrected chi connectivity index (χ0v) is 12.9. The van der Waals surface area contributed by atoms with Crippen LogP contribution < -0.4 is 0 Å². The third-order valence-corrected chi connectivity index (χ3v) is 3.22. The number of nitrogens with zero attached hydrogens (tertiary/aromatic N) is 1. The number of unbranched alkanes of at least 4 members (excludes halogenated alkanes) is 2. The van der Waals surface area contributed by atoms with Gasteiger partial charge in [0.1, 0.15) is 0 Å². The third kappa shape index (κ3) is 4.13. The van der Waals surface area contributed by atoms with Gasteiger partial charge in [0.15, 0.2) is 5.79 Å². The standard InChI is InChI=1S/C16H21NO5/c1-16(2,20)21-10-6-3-7-11-22-17-14(18)12-8-4-5-9-13(12)15(17)19/h4-5,8-9,20H,3,6-7,10-11H2,1-2H3. The molecule has 0 spiro atoms. The van der Waals surface area contributed by atoms with Crippen molar-refractivity contribution >= 4 is 11.8 Å². The number of carbonyl (C=O) groups excluding carboxylic acids is 2. The molecule has 0 radical (unpaired) electrons. The smallest absolute Gasteiger partial charge is 0.285 e. The molecule has 1 heterocycles. The van der Waals surface area contributed by atoms with E-state index < -0.39 is 17.6 Å². The summed E-state index contributed by atoms with van der Waals surface area (Å²) < 4.78 is 5.18. The van der Waals surface area contributed by atoms with Crippen molar-refractivity contribution in [2.75, 3.05) is 13.2 Å². The Morgan fingerprint density at radius 1 is 1.00 bits per heavy atom. The van der Waals surface area contributed by atoms with Crippen LogP contribution in [0.3, 0.4) is 0 Å². The van der Waals surface area contributed by atoms with Gasteiger partial charge in [0.05, 0.1) is 17.7 Å². The summed E-state index contributed by atoms with van der Waals surface area (Å²) >= 11 is 0. The number of benzene rings is 1. The summed E-state index contributed by atoms with van der Waals surface area (Å²) in [5.74, 6) is -1.94. The Bertz CT molecular complexity index is 515. The monoisotopic (exact) mass is 307 g/mol. The van der Waals surface area contributed by atoms with Gasteiger partial charge in [-0.2, -0.15) is 0 Å². The highest BCUT2D eigenvalue weighted by Crippen LogP contribution is 2.22. The second-order valence-corrected chi connectivity index (χ2v) is 5.64. The molecule has 22 heavy (non-hydrogen) atoms. The van der Waals surface area contributed by atoms with Crippen LogP contribution in [0.4, 0.5) is 0 Å². The minimum absolute atomic E-state index is 0.286. The molecule has 6 nitrogen and oxygen atoms in total. The molecule has 1 aliphatic rings.